The van der Waals surface area contributed by atoms with Crippen LogP contribution in [-0.4, -0.2) is 37.9 Å². The number of hydrogen-bond donors (Lipinski definition) is 1. The highest BCUT2D eigenvalue weighted by molar-refractivity contribution is 7.89. The van der Waals surface area contributed by atoms with Gasteiger partial charge in [0.15, 0.2) is 0 Å². The maximum Gasteiger partial charge on any atom is 0.243 e. The molecule has 5 rings (SSSR count). The molecule has 2 heterocycles. The van der Waals surface area contributed by atoms with Crippen LogP contribution in [0.3, 0.4) is 0 Å². The number of aryl methyl sites for hydroxylation is 2. The minimum Gasteiger partial charge on any atom is -0.313 e. The summed E-state index contributed by atoms with van der Waals surface area (Å²) < 4.78 is 28.4. The predicted molar refractivity (Wildman–Crippen MR) is 120 cm³/mol. The molecule has 30 heavy (non-hydrogen) atoms. The van der Waals surface area contributed by atoms with Gasteiger partial charge in [-0.3, -0.25) is 0 Å². The molecular weight excluding hydrogens is 392 g/mol. The fraction of sp³-hybridized carbons (Fsp3) is 0.280. The predicted octanol–water partition coefficient (Wildman–Crippen LogP) is 4.10. The number of rotatable bonds is 4. The number of nitrogens with zero attached hydrogens (tertiary/aromatic N) is 1. The molecule has 0 spiro atoms. The summed E-state index contributed by atoms with van der Waals surface area (Å²) in [5.74, 6) is 0.234. The average molecular weight is 419 g/mol. The van der Waals surface area contributed by atoms with Crippen molar-refractivity contribution in [1.82, 2.24) is 9.62 Å². The highest BCUT2D eigenvalue weighted by atomic mass is 32.2. The standard InChI is InChI=1S/C25H26N2O2S/c1-17-6-8-19(9-7-17)20-10-12-21(13-11-20)25-23-15-26-16-24(25)27(23)30(28,29)22-5-3-4-18(2)14-22/h3-14,23-26H,15-16H2,1-2H3/t23-,24+,25?. The Morgan fingerprint density at radius 1 is 0.800 bits per heavy atom. The fourth-order valence-electron chi connectivity index (χ4n) is 4.87. The van der Waals surface area contributed by atoms with Gasteiger partial charge in [0.25, 0.3) is 0 Å². The smallest absolute Gasteiger partial charge is 0.243 e. The lowest BCUT2D eigenvalue weighted by Crippen LogP contribution is -2.73. The second-order valence-corrected chi connectivity index (χ2v) is 10.3. The first-order valence-electron chi connectivity index (χ1n) is 10.4. The van der Waals surface area contributed by atoms with E-state index in [1.165, 1.54) is 22.3 Å². The first kappa shape index (κ1) is 19.5. The Morgan fingerprint density at radius 2 is 1.40 bits per heavy atom. The van der Waals surface area contributed by atoms with Gasteiger partial charge in [-0.05, 0) is 48.2 Å². The van der Waals surface area contributed by atoms with Crippen molar-refractivity contribution < 1.29 is 8.42 Å². The topological polar surface area (TPSA) is 49.4 Å². The van der Waals surface area contributed by atoms with Crippen molar-refractivity contribution >= 4 is 10.0 Å². The molecule has 0 radical (unpaired) electrons. The molecule has 5 heteroatoms. The third-order valence-electron chi connectivity index (χ3n) is 6.44. The van der Waals surface area contributed by atoms with Crippen LogP contribution in [-0.2, 0) is 10.0 Å². The molecule has 2 bridgehead atoms. The van der Waals surface area contributed by atoms with Gasteiger partial charge in [-0.25, -0.2) is 8.42 Å². The molecule has 3 aromatic carbocycles. The molecule has 2 aliphatic heterocycles. The summed E-state index contributed by atoms with van der Waals surface area (Å²) in [6, 6.07) is 24.3. The van der Waals surface area contributed by atoms with Gasteiger partial charge in [0, 0.05) is 31.1 Å². The molecule has 3 atom stereocenters. The Hall–Kier alpha value is -2.47. The summed E-state index contributed by atoms with van der Waals surface area (Å²) >= 11 is 0. The quantitative estimate of drug-likeness (QED) is 0.694. The van der Waals surface area contributed by atoms with E-state index in [1.54, 1.807) is 16.4 Å². The van der Waals surface area contributed by atoms with E-state index in [0.717, 1.165) is 5.56 Å². The van der Waals surface area contributed by atoms with Gasteiger partial charge < -0.3 is 5.32 Å². The van der Waals surface area contributed by atoms with Crippen molar-refractivity contribution in [2.24, 2.45) is 0 Å². The maximum absolute atomic E-state index is 13.3. The molecule has 0 aliphatic carbocycles. The molecule has 1 unspecified atom stereocenters. The van der Waals surface area contributed by atoms with Gasteiger partial charge in [0.05, 0.1) is 4.90 Å². The number of sulfonamides is 1. The van der Waals surface area contributed by atoms with Gasteiger partial charge in [0.2, 0.25) is 10.0 Å². The van der Waals surface area contributed by atoms with Crippen molar-refractivity contribution in [3.63, 3.8) is 0 Å². The zero-order chi connectivity index (χ0) is 20.9. The molecule has 2 aliphatic rings. The average Bonchev–Trinajstić information content (AvgIpc) is 2.75. The molecule has 154 valence electrons. The number of piperazine rings is 1. The lowest BCUT2D eigenvalue weighted by molar-refractivity contribution is 0.0370. The van der Waals surface area contributed by atoms with E-state index in [2.05, 4.69) is 60.8 Å². The molecule has 0 amide bonds. The Bertz CT molecular complexity index is 1160. The maximum atomic E-state index is 13.3. The summed E-state index contributed by atoms with van der Waals surface area (Å²) in [5.41, 5.74) is 5.82. The van der Waals surface area contributed by atoms with Crippen LogP contribution in [0.25, 0.3) is 11.1 Å². The lowest BCUT2D eigenvalue weighted by Gasteiger charge is -2.57. The van der Waals surface area contributed by atoms with Crippen molar-refractivity contribution in [1.29, 1.82) is 0 Å². The summed E-state index contributed by atoms with van der Waals surface area (Å²) in [6.07, 6.45) is 0. The van der Waals surface area contributed by atoms with Crippen LogP contribution in [0.4, 0.5) is 0 Å². The van der Waals surface area contributed by atoms with Crippen molar-refractivity contribution in [2.75, 3.05) is 13.1 Å². The van der Waals surface area contributed by atoms with E-state index in [0.29, 0.717) is 18.0 Å². The van der Waals surface area contributed by atoms with Crippen LogP contribution < -0.4 is 5.32 Å². The van der Waals surface area contributed by atoms with Crippen LogP contribution in [0.2, 0.25) is 0 Å². The number of nitrogens with one attached hydrogen (secondary N) is 1. The van der Waals surface area contributed by atoms with Crippen molar-refractivity contribution in [2.45, 2.75) is 36.7 Å². The number of fused-ring (bicyclic) bond motifs is 2. The molecule has 0 aromatic heterocycles. The third kappa shape index (κ3) is 3.18. The molecule has 3 aromatic rings. The number of piperidine rings is 1. The summed E-state index contributed by atoms with van der Waals surface area (Å²) in [6.45, 7) is 5.39. The minimum atomic E-state index is -3.49. The lowest BCUT2D eigenvalue weighted by atomic mass is 9.74. The van der Waals surface area contributed by atoms with E-state index in [9.17, 15) is 8.42 Å². The Morgan fingerprint density at radius 3 is 2.00 bits per heavy atom. The number of hydrogen-bond acceptors (Lipinski definition) is 3. The molecule has 2 saturated heterocycles. The van der Waals surface area contributed by atoms with E-state index in [1.807, 2.05) is 19.1 Å². The van der Waals surface area contributed by atoms with Crippen molar-refractivity contribution in [3.8, 4) is 11.1 Å². The van der Waals surface area contributed by atoms with Crippen LogP contribution in [0.1, 0.15) is 22.6 Å². The second-order valence-electron chi connectivity index (χ2n) is 8.46. The van der Waals surface area contributed by atoms with E-state index < -0.39 is 10.0 Å². The van der Waals surface area contributed by atoms with E-state index in [-0.39, 0.29) is 18.0 Å². The van der Waals surface area contributed by atoms with Gasteiger partial charge in [-0.2, -0.15) is 4.31 Å². The Kier molecular flexibility index (Phi) is 4.77. The zero-order valence-electron chi connectivity index (χ0n) is 17.2. The first-order valence-corrected chi connectivity index (χ1v) is 11.9. The minimum absolute atomic E-state index is 0.0421. The van der Waals surface area contributed by atoms with Crippen LogP contribution >= 0.6 is 0 Å². The third-order valence-corrected chi connectivity index (χ3v) is 8.38. The number of benzene rings is 3. The van der Waals surface area contributed by atoms with E-state index in [4.69, 9.17) is 0 Å². The monoisotopic (exact) mass is 418 g/mol. The Balaban J connectivity index is 1.41. The normalized spacial score (nSPS) is 23.7. The van der Waals surface area contributed by atoms with Crippen LogP contribution in [0.5, 0.6) is 0 Å². The molecule has 1 N–H and O–H groups in total. The Labute approximate surface area is 178 Å². The van der Waals surface area contributed by atoms with Gasteiger partial charge in [-0.15, -0.1) is 0 Å². The zero-order valence-corrected chi connectivity index (χ0v) is 18.1. The second kappa shape index (κ2) is 7.34. The summed E-state index contributed by atoms with van der Waals surface area (Å²) in [7, 11) is -3.49. The van der Waals surface area contributed by atoms with E-state index >= 15 is 0 Å². The molecular formula is C25H26N2O2S. The van der Waals surface area contributed by atoms with Gasteiger partial charge in [-0.1, -0.05) is 66.2 Å². The molecule has 0 saturated carbocycles. The highest BCUT2D eigenvalue weighted by Gasteiger charge is 2.56. The van der Waals surface area contributed by atoms with Gasteiger partial charge >= 0.3 is 0 Å². The van der Waals surface area contributed by atoms with Gasteiger partial charge in [0.1, 0.15) is 0 Å². The van der Waals surface area contributed by atoms with Crippen LogP contribution in [0.15, 0.2) is 77.7 Å². The van der Waals surface area contributed by atoms with Crippen molar-refractivity contribution in [3.05, 3.63) is 89.5 Å². The largest absolute Gasteiger partial charge is 0.313 e. The highest BCUT2D eigenvalue weighted by Crippen LogP contribution is 2.46. The summed E-state index contributed by atoms with van der Waals surface area (Å²) in [5, 5.41) is 3.39. The van der Waals surface area contributed by atoms with Crippen LogP contribution in [0, 0.1) is 13.8 Å². The molecule has 2 fully saturated rings. The SMILES string of the molecule is Cc1ccc(-c2ccc(C3[C@H]4CNC[C@@H]3N4S(=O)(=O)c3cccc(C)c3)cc2)cc1. The molecule has 4 nitrogen and oxygen atoms in total. The first-order chi connectivity index (χ1) is 14.4. The summed E-state index contributed by atoms with van der Waals surface area (Å²) in [4.78, 5) is 0.396. The fourth-order valence-corrected chi connectivity index (χ4v) is 6.83.